The van der Waals surface area contributed by atoms with Gasteiger partial charge in [0.2, 0.25) is 5.91 Å². The fraction of sp³-hybridized carbons (Fsp3) is 0.944. The Morgan fingerprint density at radius 3 is 2.29 bits per heavy atom. The molecule has 1 heterocycles. The van der Waals surface area contributed by atoms with Gasteiger partial charge in [0.05, 0.1) is 0 Å². The summed E-state index contributed by atoms with van der Waals surface area (Å²) < 4.78 is 0. The molecular weight excluding hydrogens is 260 g/mol. The Balaban J connectivity index is 1.52. The van der Waals surface area contributed by atoms with E-state index < -0.39 is 0 Å². The molecule has 21 heavy (non-hydrogen) atoms. The normalized spacial score (nSPS) is 44.2. The zero-order chi connectivity index (χ0) is 14.4. The number of carbonyl (C=O) groups excluding carboxylic acids is 1. The molecule has 0 aromatic heterocycles. The SMILES string of the molecule is CCCN(C(=O)C1C2CC3CC(C2)CC1C3)C1CCNC1. The van der Waals surface area contributed by atoms with Crippen molar-refractivity contribution < 1.29 is 4.79 Å². The van der Waals surface area contributed by atoms with Gasteiger partial charge in [-0.1, -0.05) is 6.92 Å². The second kappa shape index (κ2) is 5.57. The molecule has 0 spiro atoms. The fourth-order valence-electron chi connectivity index (χ4n) is 6.14. The van der Waals surface area contributed by atoms with E-state index in [1.165, 1.54) is 32.1 Å². The standard InChI is InChI=1S/C18H30N2O/c1-2-5-20(16-3-4-19-11-16)18(21)17-14-7-12-6-13(9-14)10-15(17)8-12/h12-17,19H,2-11H2,1H3. The van der Waals surface area contributed by atoms with Crippen LogP contribution in [-0.4, -0.2) is 36.5 Å². The number of nitrogens with zero attached hydrogens (tertiary/aromatic N) is 1. The van der Waals surface area contributed by atoms with E-state index in [1.807, 2.05) is 0 Å². The Bertz CT molecular complexity index is 374. The number of hydrogen-bond acceptors (Lipinski definition) is 2. The molecule has 0 aromatic carbocycles. The molecule has 1 atom stereocenters. The van der Waals surface area contributed by atoms with Crippen LogP contribution in [0, 0.1) is 29.6 Å². The van der Waals surface area contributed by atoms with Gasteiger partial charge in [-0.15, -0.1) is 0 Å². The highest BCUT2D eigenvalue weighted by molar-refractivity contribution is 5.80. The molecule has 5 fully saturated rings. The van der Waals surface area contributed by atoms with Gasteiger partial charge in [0, 0.05) is 25.0 Å². The third kappa shape index (κ3) is 2.42. The summed E-state index contributed by atoms with van der Waals surface area (Å²) in [7, 11) is 0. The van der Waals surface area contributed by atoms with Crippen LogP contribution in [0.3, 0.4) is 0 Å². The third-order valence-electron chi connectivity index (χ3n) is 6.73. The molecule has 1 amide bonds. The first-order chi connectivity index (χ1) is 10.3. The zero-order valence-electron chi connectivity index (χ0n) is 13.4. The van der Waals surface area contributed by atoms with E-state index in [9.17, 15) is 4.79 Å². The molecule has 3 nitrogen and oxygen atoms in total. The van der Waals surface area contributed by atoms with Crippen LogP contribution >= 0.6 is 0 Å². The van der Waals surface area contributed by atoms with Gasteiger partial charge in [-0.05, 0) is 75.2 Å². The summed E-state index contributed by atoms with van der Waals surface area (Å²) in [4.78, 5) is 15.6. The van der Waals surface area contributed by atoms with Crippen molar-refractivity contribution in [2.75, 3.05) is 19.6 Å². The van der Waals surface area contributed by atoms with Crippen molar-refractivity contribution in [2.24, 2.45) is 29.6 Å². The molecule has 1 N–H and O–H groups in total. The minimum absolute atomic E-state index is 0.380. The van der Waals surface area contributed by atoms with E-state index in [0.717, 1.165) is 56.1 Å². The van der Waals surface area contributed by atoms with Crippen molar-refractivity contribution >= 4 is 5.91 Å². The average molecular weight is 290 g/mol. The third-order valence-corrected chi connectivity index (χ3v) is 6.73. The summed E-state index contributed by atoms with van der Waals surface area (Å²) in [5.74, 6) is 4.28. The fourth-order valence-corrected chi connectivity index (χ4v) is 6.14. The molecule has 0 radical (unpaired) electrons. The summed E-state index contributed by atoms with van der Waals surface area (Å²) in [6.07, 6.45) is 9.13. The molecule has 3 heteroatoms. The van der Waals surface area contributed by atoms with Crippen molar-refractivity contribution in [3.05, 3.63) is 0 Å². The number of carbonyl (C=O) groups is 1. The lowest BCUT2D eigenvalue weighted by Crippen LogP contribution is -2.54. The second-order valence-corrected chi connectivity index (χ2v) is 8.13. The minimum Gasteiger partial charge on any atom is -0.338 e. The maximum absolute atomic E-state index is 13.3. The molecule has 5 rings (SSSR count). The van der Waals surface area contributed by atoms with Gasteiger partial charge < -0.3 is 10.2 Å². The largest absolute Gasteiger partial charge is 0.338 e. The lowest BCUT2D eigenvalue weighted by Gasteiger charge is -2.54. The van der Waals surface area contributed by atoms with Crippen LogP contribution in [0.4, 0.5) is 0 Å². The maximum Gasteiger partial charge on any atom is 0.226 e. The van der Waals surface area contributed by atoms with Gasteiger partial charge in [0.15, 0.2) is 0 Å². The van der Waals surface area contributed by atoms with Crippen LogP contribution in [0.25, 0.3) is 0 Å². The van der Waals surface area contributed by atoms with Crippen molar-refractivity contribution in [1.82, 2.24) is 10.2 Å². The average Bonchev–Trinajstić information content (AvgIpc) is 2.97. The first-order valence-electron chi connectivity index (χ1n) is 9.27. The van der Waals surface area contributed by atoms with Crippen LogP contribution in [0.1, 0.15) is 51.9 Å². The van der Waals surface area contributed by atoms with Crippen molar-refractivity contribution in [1.29, 1.82) is 0 Å². The number of nitrogens with one attached hydrogen (secondary N) is 1. The Morgan fingerprint density at radius 1 is 1.10 bits per heavy atom. The van der Waals surface area contributed by atoms with Gasteiger partial charge in [-0.2, -0.15) is 0 Å². The van der Waals surface area contributed by atoms with Gasteiger partial charge in [0.25, 0.3) is 0 Å². The first kappa shape index (κ1) is 14.0. The highest BCUT2D eigenvalue weighted by Crippen LogP contribution is 2.57. The number of rotatable bonds is 4. The van der Waals surface area contributed by atoms with Crippen molar-refractivity contribution in [3.8, 4) is 0 Å². The van der Waals surface area contributed by atoms with Crippen molar-refractivity contribution in [2.45, 2.75) is 57.9 Å². The molecule has 4 bridgehead atoms. The van der Waals surface area contributed by atoms with Crippen LogP contribution < -0.4 is 5.32 Å². The second-order valence-electron chi connectivity index (χ2n) is 8.13. The van der Waals surface area contributed by atoms with Crippen LogP contribution in [0.15, 0.2) is 0 Å². The molecule has 4 saturated carbocycles. The van der Waals surface area contributed by atoms with Gasteiger partial charge in [0.1, 0.15) is 0 Å². The zero-order valence-corrected chi connectivity index (χ0v) is 13.4. The Labute approximate surface area is 128 Å². The monoisotopic (exact) mass is 290 g/mol. The predicted octanol–water partition coefficient (Wildman–Crippen LogP) is 2.66. The van der Waals surface area contributed by atoms with E-state index in [2.05, 4.69) is 17.1 Å². The topological polar surface area (TPSA) is 32.3 Å². The van der Waals surface area contributed by atoms with Gasteiger partial charge in [-0.25, -0.2) is 0 Å². The van der Waals surface area contributed by atoms with E-state index in [-0.39, 0.29) is 0 Å². The smallest absolute Gasteiger partial charge is 0.226 e. The molecule has 5 aliphatic rings. The van der Waals surface area contributed by atoms with E-state index in [0.29, 0.717) is 17.9 Å². The van der Waals surface area contributed by atoms with Gasteiger partial charge in [-0.3, -0.25) is 4.79 Å². The number of hydrogen-bond donors (Lipinski definition) is 1. The van der Waals surface area contributed by atoms with Crippen LogP contribution in [0.5, 0.6) is 0 Å². The van der Waals surface area contributed by atoms with Crippen LogP contribution in [-0.2, 0) is 4.79 Å². The summed E-state index contributed by atoms with van der Waals surface area (Å²) in [6, 6.07) is 0.467. The summed E-state index contributed by atoms with van der Waals surface area (Å²) in [5, 5.41) is 3.44. The predicted molar refractivity (Wildman–Crippen MR) is 83.8 cm³/mol. The number of amides is 1. The molecular formula is C18H30N2O. The van der Waals surface area contributed by atoms with E-state index >= 15 is 0 Å². The molecule has 118 valence electrons. The lowest BCUT2D eigenvalue weighted by atomic mass is 9.51. The Hall–Kier alpha value is -0.570. The molecule has 0 aromatic rings. The molecule has 1 unspecified atom stereocenters. The molecule has 1 saturated heterocycles. The molecule has 4 aliphatic carbocycles. The summed E-state index contributed by atoms with van der Waals surface area (Å²) in [5.41, 5.74) is 0. The van der Waals surface area contributed by atoms with E-state index in [1.54, 1.807) is 0 Å². The lowest BCUT2D eigenvalue weighted by molar-refractivity contribution is -0.151. The molecule has 1 aliphatic heterocycles. The summed E-state index contributed by atoms with van der Waals surface area (Å²) >= 11 is 0. The highest BCUT2D eigenvalue weighted by Gasteiger charge is 2.52. The maximum atomic E-state index is 13.3. The highest BCUT2D eigenvalue weighted by atomic mass is 16.2. The van der Waals surface area contributed by atoms with E-state index in [4.69, 9.17) is 0 Å². The van der Waals surface area contributed by atoms with Crippen LogP contribution in [0.2, 0.25) is 0 Å². The van der Waals surface area contributed by atoms with Crippen molar-refractivity contribution in [3.63, 3.8) is 0 Å². The minimum atomic E-state index is 0.380. The van der Waals surface area contributed by atoms with Gasteiger partial charge >= 0.3 is 0 Å². The summed E-state index contributed by atoms with van der Waals surface area (Å²) in [6.45, 7) is 5.27. The Kier molecular flexibility index (Phi) is 3.72. The first-order valence-corrected chi connectivity index (χ1v) is 9.27. The quantitative estimate of drug-likeness (QED) is 0.863. The Morgan fingerprint density at radius 2 is 1.76 bits per heavy atom.